The van der Waals surface area contributed by atoms with Gasteiger partial charge >= 0.3 is 0 Å². The summed E-state index contributed by atoms with van der Waals surface area (Å²) in [6.45, 7) is 4.17. The van der Waals surface area contributed by atoms with Gasteiger partial charge in [-0.25, -0.2) is 4.68 Å². The number of aryl methyl sites for hydroxylation is 1. The maximum absolute atomic E-state index is 9.08. The first-order valence-corrected chi connectivity index (χ1v) is 6.18. The Labute approximate surface area is 107 Å². The molecule has 1 aromatic heterocycles. The van der Waals surface area contributed by atoms with E-state index in [1.807, 2.05) is 31.2 Å². The third-order valence-corrected chi connectivity index (χ3v) is 2.98. The summed E-state index contributed by atoms with van der Waals surface area (Å²) in [6, 6.07) is 10.1. The van der Waals surface area contributed by atoms with Crippen LogP contribution in [0.5, 0.6) is 0 Å². The van der Waals surface area contributed by atoms with E-state index in [1.165, 1.54) is 0 Å². The fourth-order valence-corrected chi connectivity index (χ4v) is 1.95. The number of unbranched alkanes of at least 4 members (excludes halogenated alkanes) is 1. The predicted octanol–water partition coefficient (Wildman–Crippen LogP) is 2.79. The molecule has 0 N–H and O–H groups in total. The summed E-state index contributed by atoms with van der Waals surface area (Å²) in [5.74, 6) is 0. The van der Waals surface area contributed by atoms with Crippen LogP contribution in [0.25, 0.3) is 5.69 Å². The van der Waals surface area contributed by atoms with Crippen LogP contribution in [-0.2, 0) is 6.42 Å². The van der Waals surface area contributed by atoms with Gasteiger partial charge in [0.15, 0.2) is 5.69 Å². The van der Waals surface area contributed by atoms with Gasteiger partial charge in [-0.1, -0.05) is 36.8 Å². The van der Waals surface area contributed by atoms with Gasteiger partial charge in [0.1, 0.15) is 6.07 Å². The minimum atomic E-state index is 0.437. The lowest BCUT2D eigenvalue weighted by Gasteiger charge is -2.08. The molecule has 0 spiro atoms. The number of hydrogen-bond donors (Lipinski definition) is 0. The Hall–Kier alpha value is -2.15. The van der Waals surface area contributed by atoms with Gasteiger partial charge in [0, 0.05) is 0 Å². The molecule has 0 atom stereocenters. The molecule has 0 aliphatic carbocycles. The Balaban J connectivity index is 2.48. The van der Waals surface area contributed by atoms with Crippen LogP contribution in [0.2, 0.25) is 0 Å². The van der Waals surface area contributed by atoms with Crippen molar-refractivity contribution in [3.05, 3.63) is 41.2 Å². The van der Waals surface area contributed by atoms with Crippen molar-refractivity contribution < 1.29 is 0 Å². The van der Waals surface area contributed by atoms with Gasteiger partial charge < -0.3 is 0 Å². The smallest absolute Gasteiger partial charge is 0.186 e. The molecular formula is C14H16N4. The van der Waals surface area contributed by atoms with Crippen LogP contribution < -0.4 is 0 Å². The highest BCUT2D eigenvalue weighted by Crippen LogP contribution is 2.17. The zero-order chi connectivity index (χ0) is 13.0. The second-order valence-corrected chi connectivity index (χ2v) is 4.30. The lowest BCUT2D eigenvalue weighted by atomic mass is 10.1. The Morgan fingerprint density at radius 1 is 1.33 bits per heavy atom. The second-order valence-electron chi connectivity index (χ2n) is 4.30. The van der Waals surface area contributed by atoms with Crippen LogP contribution in [-0.4, -0.2) is 15.0 Å². The number of benzene rings is 1. The molecule has 0 bridgehead atoms. The molecule has 0 radical (unpaired) electrons. The van der Waals surface area contributed by atoms with Gasteiger partial charge in [-0.2, -0.15) is 5.26 Å². The van der Waals surface area contributed by atoms with Gasteiger partial charge in [-0.05, 0) is 31.4 Å². The van der Waals surface area contributed by atoms with Crippen molar-refractivity contribution in [3.8, 4) is 11.8 Å². The largest absolute Gasteiger partial charge is 0.216 e. The van der Waals surface area contributed by atoms with Crippen molar-refractivity contribution in [3.63, 3.8) is 0 Å². The fraction of sp³-hybridized carbons (Fsp3) is 0.357. The predicted molar refractivity (Wildman–Crippen MR) is 69.4 cm³/mol. The molecule has 18 heavy (non-hydrogen) atoms. The van der Waals surface area contributed by atoms with Crippen LogP contribution in [0.3, 0.4) is 0 Å². The highest BCUT2D eigenvalue weighted by Gasteiger charge is 2.14. The number of rotatable bonds is 4. The maximum Gasteiger partial charge on any atom is 0.186 e. The summed E-state index contributed by atoms with van der Waals surface area (Å²) >= 11 is 0. The molecule has 0 amide bonds. The Kier molecular flexibility index (Phi) is 3.73. The van der Waals surface area contributed by atoms with E-state index >= 15 is 0 Å². The first-order chi connectivity index (χ1) is 8.77. The van der Waals surface area contributed by atoms with Crippen LogP contribution in [0.15, 0.2) is 24.3 Å². The summed E-state index contributed by atoms with van der Waals surface area (Å²) in [7, 11) is 0. The second kappa shape index (κ2) is 5.46. The SMILES string of the molecule is CCCCc1c(C#N)nnn1-c1ccccc1C. The summed E-state index contributed by atoms with van der Waals surface area (Å²) in [6.07, 6.45) is 2.96. The van der Waals surface area contributed by atoms with E-state index in [1.54, 1.807) is 4.68 Å². The number of nitriles is 1. The van der Waals surface area contributed by atoms with Crippen molar-refractivity contribution in [2.24, 2.45) is 0 Å². The molecule has 0 unspecified atom stereocenters. The molecule has 2 rings (SSSR count). The fourth-order valence-electron chi connectivity index (χ4n) is 1.95. The van der Waals surface area contributed by atoms with E-state index in [2.05, 4.69) is 23.3 Å². The minimum absolute atomic E-state index is 0.437. The number of nitrogens with zero attached hydrogens (tertiary/aromatic N) is 4. The molecule has 0 aliphatic rings. The summed E-state index contributed by atoms with van der Waals surface area (Å²) in [4.78, 5) is 0. The first kappa shape index (κ1) is 12.3. The zero-order valence-electron chi connectivity index (χ0n) is 10.7. The molecule has 0 fully saturated rings. The molecule has 0 aliphatic heterocycles. The van der Waals surface area contributed by atoms with E-state index in [0.29, 0.717) is 5.69 Å². The molecule has 1 heterocycles. The molecule has 2 aromatic rings. The van der Waals surface area contributed by atoms with Crippen molar-refractivity contribution in [1.29, 1.82) is 5.26 Å². The third-order valence-electron chi connectivity index (χ3n) is 2.98. The summed E-state index contributed by atoms with van der Waals surface area (Å²) < 4.78 is 1.80. The van der Waals surface area contributed by atoms with E-state index in [4.69, 9.17) is 5.26 Å². The molecular weight excluding hydrogens is 224 g/mol. The topological polar surface area (TPSA) is 54.5 Å². The van der Waals surface area contributed by atoms with Gasteiger partial charge in [-0.15, -0.1) is 5.10 Å². The summed E-state index contributed by atoms with van der Waals surface area (Å²) in [5, 5.41) is 17.2. The van der Waals surface area contributed by atoms with Crippen LogP contribution in [0.1, 0.15) is 36.7 Å². The van der Waals surface area contributed by atoms with Crippen LogP contribution in [0, 0.1) is 18.3 Å². The van der Waals surface area contributed by atoms with Crippen LogP contribution >= 0.6 is 0 Å². The first-order valence-electron chi connectivity index (χ1n) is 6.18. The van der Waals surface area contributed by atoms with E-state index in [0.717, 1.165) is 36.2 Å². The Bertz CT molecular complexity index is 578. The molecule has 4 nitrogen and oxygen atoms in total. The Morgan fingerprint density at radius 2 is 2.11 bits per heavy atom. The molecule has 0 saturated carbocycles. The van der Waals surface area contributed by atoms with Crippen LogP contribution in [0.4, 0.5) is 0 Å². The Morgan fingerprint density at radius 3 is 2.78 bits per heavy atom. The van der Waals surface area contributed by atoms with E-state index < -0.39 is 0 Å². The summed E-state index contributed by atoms with van der Waals surface area (Å²) in [5.41, 5.74) is 3.47. The average molecular weight is 240 g/mol. The number of para-hydroxylation sites is 1. The third kappa shape index (κ3) is 2.25. The number of hydrogen-bond acceptors (Lipinski definition) is 3. The standard InChI is InChI=1S/C14H16N4/c1-3-4-8-14-12(10-15)16-17-18(14)13-9-6-5-7-11(13)2/h5-7,9H,3-4,8H2,1-2H3. The molecule has 0 saturated heterocycles. The van der Waals surface area contributed by atoms with Crippen molar-refractivity contribution in [2.45, 2.75) is 33.1 Å². The molecule has 92 valence electrons. The normalized spacial score (nSPS) is 10.3. The highest BCUT2D eigenvalue weighted by atomic mass is 15.4. The van der Waals surface area contributed by atoms with E-state index in [-0.39, 0.29) is 0 Å². The van der Waals surface area contributed by atoms with Crippen molar-refractivity contribution in [1.82, 2.24) is 15.0 Å². The van der Waals surface area contributed by atoms with Gasteiger partial charge in [0.2, 0.25) is 0 Å². The minimum Gasteiger partial charge on any atom is -0.216 e. The van der Waals surface area contributed by atoms with E-state index in [9.17, 15) is 0 Å². The maximum atomic E-state index is 9.08. The monoisotopic (exact) mass is 240 g/mol. The van der Waals surface area contributed by atoms with Gasteiger partial charge in [0.05, 0.1) is 11.4 Å². The quantitative estimate of drug-likeness (QED) is 0.825. The highest BCUT2D eigenvalue weighted by molar-refractivity contribution is 5.42. The van der Waals surface area contributed by atoms with Gasteiger partial charge in [0.25, 0.3) is 0 Å². The number of aromatic nitrogens is 3. The molecule has 1 aromatic carbocycles. The zero-order valence-corrected chi connectivity index (χ0v) is 10.7. The van der Waals surface area contributed by atoms with Gasteiger partial charge in [-0.3, -0.25) is 0 Å². The van der Waals surface area contributed by atoms with Crippen molar-refractivity contribution >= 4 is 0 Å². The van der Waals surface area contributed by atoms with Crippen molar-refractivity contribution in [2.75, 3.05) is 0 Å². The molecule has 4 heteroatoms. The average Bonchev–Trinajstić information content (AvgIpc) is 2.79. The lowest BCUT2D eigenvalue weighted by molar-refractivity contribution is 0.713. The lowest BCUT2D eigenvalue weighted by Crippen LogP contribution is -2.05.